The SMILES string of the molecule is Cc1n[nH]c2cc(-n3c(=O)n(CC4CCC(NC(=O)c5cc(Cl)cnc5C(F)F)CC4)c4cccnc43)ccc12. The summed E-state index contributed by atoms with van der Waals surface area (Å²) in [6.07, 6.45) is 2.75. The average Bonchev–Trinajstić information content (AvgIpc) is 3.45. The number of H-pyrrole nitrogens is 1. The number of benzene rings is 1. The van der Waals surface area contributed by atoms with Gasteiger partial charge in [0.15, 0.2) is 5.65 Å². The lowest BCUT2D eigenvalue weighted by Crippen LogP contribution is -2.39. The third-order valence-corrected chi connectivity index (χ3v) is 7.85. The molecule has 0 bridgehead atoms. The molecule has 6 rings (SSSR count). The van der Waals surface area contributed by atoms with Gasteiger partial charge in [-0.2, -0.15) is 5.10 Å². The number of nitrogens with one attached hydrogen (secondary N) is 2. The van der Waals surface area contributed by atoms with Crippen LogP contribution in [0.5, 0.6) is 0 Å². The van der Waals surface area contributed by atoms with Crippen LogP contribution in [0, 0.1) is 12.8 Å². The predicted molar refractivity (Wildman–Crippen MR) is 147 cm³/mol. The molecule has 1 fully saturated rings. The molecule has 4 heterocycles. The first-order valence-electron chi connectivity index (χ1n) is 13.1. The van der Waals surface area contributed by atoms with Crippen LogP contribution in [0.2, 0.25) is 5.02 Å². The molecule has 0 spiro atoms. The molecule has 0 saturated heterocycles. The third kappa shape index (κ3) is 4.74. The number of halogens is 3. The van der Waals surface area contributed by atoms with Crippen molar-refractivity contribution in [3.8, 4) is 5.69 Å². The summed E-state index contributed by atoms with van der Waals surface area (Å²) in [6, 6.07) is 10.5. The second-order valence-corrected chi connectivity index (χ2v) is 10.6. The van der Waals surface area contributed by atoms with E-state index in [2.05, 4.69) is 25.5 Å². The molecule has 1 amide bonds. The average molecular weight is 566 g/mol. The Morgan fingerprint density at radius 1 is 1.18 bits per heavy atom. The van der Waals surface area contributed by atoms with Crippen molar-refractivity contribution < 1.29 is 13.6 Å². The zero-order chi connectivity index (χ0) is 28.0. The smallest absolute Gasteiger partial charge is 0.334 e. The molecule has 5 aromatic rings. The number of carbonyl (C=O) groups excluding carboxylic acids is 1. The Labute approximate surface area is 232 Å². The summed E-state index contributed by atoms with van der Waals surface area (Å²) in [4.78, 5) is 34.6. The summed E-state index contributed by atoms with van der Waals surface area (Å²) in [7, 11) is 0. The highest BCUT2D eigenvalue weighted by atomic mass is 35.5. The minimum absolute atomic E-state index is 0.122. The van der Waals surface area contributed by atoms with Crippen molar-refractivity contribution in [3.63, 3.8) is 0 Å². The summed E-state index contributed by atoms with van der Waals surface area (Å²) in [5.74, 6) is -0.407. The lowest BCUT2D eigenvalue weighted by molar-refractivity contribution is 0.0904. The third-order valence-electron chi connectivity index (χ3n) is 7.65. The Kier molecular flexibility index (Phi) is 6.83. The first-order chi connectivity index (χ1) is 19.3. The lowest BCUT2D eigenvalue weighted by Gasteiger charge is -2.29. The molecule has 4 aromatic heterocycles. The van der Waals surface area contributed by atoms with Gasteiger partial charge >= 0.3 is 5.69 Å². The van der Waals surface area contributed by atoms with E-state index in [0.717, 1.165) is 41.2 Å². The minimum Gasteiger partial charge on any atom is -0.349 e. The van der Waals surface area contributed by atoms with E-state index in [4.69, 9.17) is 11.6 Å². The van der Waals surface area contributed by atoms with Crippen molar-refractivity contribution in [2.45, 2.75) is 51.6 Å². The van der Waals surface area contributed by atoms with E-state index in [1.807, 2.05) is 37.3 Å². The van der Waals surface area contributed by atoms with Crippen molar-refractivity contribution in [1.82, 2.24) is 34.6 Å². The van der Waals surface area contributed by atoms with Crippen molar-refractivity contribution >= 4 is 39.6 Å². The molecule has 1 aliphatic carbocycles. The highest BCUT2D eigenvalue weighted by Crippen LogP contribution is 2.29. The molecule has 0 aliphatic heterocycles. The molecule has 0 unspecified atom stereocenters. The molecule has 1 saturated carbocycles. The van der Waals surface area contributed by atoms with E-state index < -0.39 is 18.0 Å². The fourth-order valence-corrected chi connectivity index (χ4v) is 5.75. The maximum atomic E-state index is 13.7. The summed E-state index contributed by atoms with van der Waals surface area (Å²) >= 11 is 5.90. The van der Waals surface area contributed by atoms with Gasteiger partial charge in [0.2, 0.25) is 0 Å². The van der Waals surface area contributed by atoms with Crippen molar-refractivity contribution in [2.24, 2.45) is 5.92 Å². The molecule has 12 heteroatoms. The van der Waals surface area contributed by atoms with Gasteiger partial charge in [-0.05, 0) is 74.9 Å². The number of aryl methyl sites for hydroxylation is 1. The second-order valence-electron chi connectivity index (χ2n) is 10.2. The van der Waals surface area contributed by atoms with Crippen LogP contribution in [0.25, 0.3) is 27.8 Å². The molecule has 206 valence electrons. The van der Waals surface area contributed by atoms with Crippen LogP contribution in [0.15, 0.2) is 53.6 Å². The van der Waals surface area contributed by atoms with Gasteiger partial charge in [0.1, 0.15) is 5.69 Å². The zero-order valence-electron chi connectivity index (χ0n) is 21.6. The van der Waals surface area contributed by atoms with Crippen LogP contribution in [0.4, 0.5) is 8.78 Å². The standard InChI is InChI=1S/C28H26ClF2N7O2/c1-15-20-9-8-19(12-22(20)36-35-15)38-26-23(3-2-10-32-26)37(28(38)40)14-16-4-6-18(7-5-16)34-27(39)21-11-17(29)13-33-24(21)25(30)31/h2-3,8-13,16,18,25H,4-7,14H2,1H3,(H,34,39)(H,35,36). The van der Waals surface area contributed by atoms with Crippen molar-refractivity contribution in [2.75, 3.05) is 0 Å². The quantitative estimate of drug-likeness (QED) is 0.288. The molecule has 0 atom stereocenters. The summed E-state index contributed by atoms with van der Waals surface area (Å²) in [6.45, 7) is 2.43. The van der Waals surface area contributed by atoms with Gasteiger partial charge in [-0.25, -0.2) is 23.1 Å². The monoisotopic (exact) mass is 565 g/mol. The highest BCUT2D eigenvalue weighted by Gasteiger charge is 2.27. The van der Waals surface area contributed by atoms with Crippen LogP contribution in [-0.2, 0) is 6.54 Å². The Balaban J connectivity index is 1.19. The van der Waals surface area contributed by atoms with Gasteiger partial charge in [-0.15, -0.1) is 0 Å². The van der Waals surface area contributed by atoms with Gasteiger partial charge in [-0.1, -0.05) is 11.6 Å². The topological polar surface area (TPSA) is 110 Å². The molecule has 40 heavy (non-hydrogen) atoms. The zero-order valence-corrected chi connectivity index (χ0v) is 22.3. The number of amides is 1. The molecule has 1 aromatic carbocycles. The van der Waals surface area contributed by atoms with Crippen LogP contribution in [-0.4, -0.2) is 41.2 Å². The Morgan fingerprint density at radius 3 is 2.75 bits per heavy atom. The largest absolute Gasteiger partial charge is 0.349 e. The van der Waals surface area contributed by atoms with Gasteiger partial charge < -0.3 is 5.32 Å². The number of aromatic amines is 1. The van der Waals surface area contributed by atoms with Crippen molar-refractivity contribution in [1.29, 1.82) is 0 Å². The molecule has 9 nitrogen and oxygen atoms in total. The number of nitrogens with zero attached hydrogens (tertiary/aromatic N) is 5. The number of fused-ring (bicyclic) bond motifs is 2. The van der Waals surface area contributed by atoms with E-state index in [9.17, 15) is 18.4 Å². The number of hydrogen-bond acceptors (Lipinski definition) is 5. The highest BCUT2D eigenvalue weighted by molar-refractivity contribution is 6.30. The lowest BCUT2D eigenvalue weighted by atomic mass is 9.85. The number of alkyl halides is 2. The first kappa shape index (κ1) is 26.1. The number of imidazole rings is 1. The molecule has 2 N–H and O–H groups in total. The second kappa shape index (κ2) is 10.5. The number of carbonyl (C=O) groups is 1. The van der Waals surface area contributed by atoms with E-state index in [-0.39, 0.29) is 28.2 Å². The molecular weight excluding hydrogens is 540 g/mol. The van der Waals surface area contributed by atoms with E-state index >= 15 is 0 Å². The summed E-state index contributed by atoms with van der Waals surface area (Å²) in [5, 5.41) is 11.2. The van der Waals surface area contributed by atoms with Gasteiger partial charge in [0.25, 0.3) is 12.3 Å². The summed E-state index contributed by atoms with van der Waals surface area (Å²) in [5.41, 5.74) is 2.79. The maximum absolute atomic E-state index is 13.7. The Bertz CT molecular complexity index is 1790. The Hall–Kier alpha value is -4.12. The van der Waals surface area contributed by atoms with Gasteiger partial charge in [-0.3, -0.25) is 19.4 Å². The van der Waals surface area contributed by atoms with E-state index in [1.54, 1.807) is 15.3 Å². The van der Waals surface area contributed by atoms with Crippen LogP contribution < -0.4 is 11.0 Å². The summed E-state index contributed by atoms with van der Waals surface area (Å²) < 4.78 is 30.1. The number of rotatable bonds is 6. The van der Waals surface area contributed by atoms with E-state index in [1.165, 1.54) is 6.07 Å². The minimum atomic E-state index is -2.88. The fraction of sp³-hybridized carbons (Fsp3) is 0.321. The van der Waals surface area contributed by atoms with Crippen molar-refractivity contribution in [3.05, 3.63) is 81.3 Å². The normalized spacial score (nSPS) is 17.6. The van der Waals surface area contributed by atoms with Crippen LogP contribution in [0.3, 0.4) is 0 Å². The van der Waals surface area contributed by atoms with E-state index in [0.29, 0.717) is 30.7 Å². The molecular formula is C28H26ClF2N7O2. The first-order valence-corrected chi connectivity index (χ1v) is 13.4. The number of pyridine rings is 2. The van der Waals surface area contributed by atoms with Crippen LogP contribution >= 0.6 is 11.6 Å². The molecule has 1 aliphatic rings. The Morgan fingerprint density at radius 2 is 1.98 bits per heavy atom. The number of aromatic nitrogens is 6. The predicted octanol–water partition coefficient (Wildman–Crippen LogP) is 5.35. The fourth-order valence-electron chi connectivity index (χ4n) is 5.59. The number of hydrogen-bond donors (Lipinski definition) is 2. The maximum Gasteiger partial charge on any atom is 0.334 e. The molecule has 0 radical (unpaired) electrons. The van der Waals surface area contributed by atoms with Crippen LogP contribution in [0.1, 0.15) is 53.9 Å². The van der Waals surface area contributed by atoms with Gasteiger partial charge in [0, 0.05) is 30.4 Å². The van der Waals surface area contributed by atoms with Gasteiger partial charge in [0.05, 0.1) is 33.0 Å².